The molecule has 4 N–H and O–H groups in total. The molecular formula is C19H23N3O2. The van der Waals surface area contributed by atoms with E-state index in [0.29, 0.717) is 17.1 Å². The number of nitrogen functional groups attached to an aromatic ring is 1. The Labute approximate surface area is 142 Å². The van der Waals surface area contributed by atoms with Crippen LogP contribution in [0.4, 0.5) is 17.1 Å². The van der Waals surface area contributed by atoms with Gasteiger partial charge >= 0.3 is 11.8 Å². The van der Waals surface area contributed by atoms with Gasteiger partial charge in [0.05, 0.1) is 11.4 Å². The molecule has 0 heterocycles. The summed E-state index contributed by atoms with van der Waals surface area (Å²) < 4.78 is 0. The van der Waals surface area contributed by atoms with E-state index in [9.17, 15) is 9.59 Å². The second-order valence-electron chi connectivity index (χ2n) is 6.83. The fourth-order valence-corrected chi connectivity index (χ4v) is 2.22. The maximum atomic E-state index is 12.0. The molecule has 0 saturated carbocycles. The first-order valence-electron chi connectivity index (χ1n) is 7.76. The minimum absolute atomic E-state index is 0.0306. The van der Waals surface area contributed by atoms with Crippen LogP contribution in [0.5, 0.6) is 0 Å². The monoisotopic (exact) mass is 325 g/mol. The summed E-state index contributed by atoms with van der Waals surface area (Å²) in [5.74, 6) is -1.50. The smallest absolute Gasteiger partial charge is 0.314 e. The molecule has 24 heavy (non-hydrogen) atoms. The number of nitrogens with two attached hydrogens (primary N) is 1. The summed E-state index contributed by atoms with van der Waals surface area (Å²) in [4.78, 5) is 24.0. The van der Waals surface area contributed by atoms with Crippen molar-refractivity contribution in [1.29, 1.82) is 0 Å². The summed E-state index contributed by atoms with van der Waals surface area (Å²) in [5.41, 5.74) is 9.41. The molecule has 0 spiro atoms. The molecule has 0 fully saturated rings. The zero-order chi connectivity index (χ0) is 17.9. The molecule has 5 nitrogen and oxygen atoms in total. The molecule has 2 rings (SSSR count). The first-order chi connectivity index (χ1) is 11.2. The number of benzene rings is 2. The highest BCUT2D eigenvalue weighted by Gasteiger charge is 2.16. The van der Waals surface area contributed by atoms with E-state index in [-0.39, 0.29) is 5.41 Å². The fraction of sp³-hybridized carbons (Fsp3) is 0.263. The number of amides is 2. The Morgan fingerprint density at radius 3 is 2.04 bits per heavy atom. The molecule has 0 aromatic heterocycles. The maximum Gasteiger partial charge on any atom is 0.314 e. The number of carbonyl (C=O) groups is 2. The van der Waals surface area contributed by atoms with E-state index >= 15 is 0 Å². The summed E-state index contributed by atoms with van der Waals surface area (Å²) in [5, 5.41) is 5.10. The highest BCUT2D eigenvalue weighted by molar-refractivity contribution is 6.43. The molecule has 2 aromatic carbocycles. The largest absolute Gasteiger partial charge is 0.397 e. The highest BCUT2D eigenvalue weighted by atomic mass is 16.2. The molecule has 5 heteroatoms. The van der Waals surface area contributed by atoms with Crippen LogP contribution in [0.15, 0.2) is 42.5 Å². The van der Waals surface area contributed by atoms with Gasteiger partial charge in [0.15, 0.2) is 0 Å². The lowest BCUT2D eigenvalue weighted by atomic mass is 9.87. The Kier molecular flexibility index (Phi) is 4.93. The second kappa shape index (κ2) is 6.74. The molecule has 0 aliphatic heterocycles. The molecule has 2 aromatic rings. The van der Waals surface area contributed by atoms with Crippen molar-refractivity contribution >= 4 is 28.9 Å². The van der Waals surface area contributed by atoms with E-state index in [2.05, 4.69) is 31.4 Å². The van der Waals surface area contributed by atoms with Crippen LogP contribution in [-0.2, 0) is 15.0 Å². The molecule has 0 atom stereocenters. The molecular weight excluding hydrogens is 302 g/mol. The van der Waals surface area contributed by atoms with E-state index in [1.165, 1.54) is 0 Å². The summed E-state index contributed by atoms with van der Waals surface area (Å²) in [6, 6.07) is 12.7. The maximum absolute atomic E-state index is 12.0. The van der Waals surface area contributed by atoms with E-state index in [1.54, 1.807) is 24.3 Å². The van der Waals surface area contributed by atoms with Gasteiger partial charge in [0.25, 0.3) is 0 Å². The van der Waals surface area contributed by atoms with Crippen LogP contribution in [0.1, 0.15) is 31.9 Å². The Hall–Kier alpha value is -2.82. The van der Waals surface area contributed by atoms with Crippen molar-refractivity contribution in [2.45, 2.75) is 33.1 Å². The minimum atomic E-state index is -0.759. The lowest BCUT2D eigenvalue weighted by molar-refractivity contribution is -0.132. The molecule has 0 bridgehead atoms. The topological polar surface area (TPSA) is 84.2 Å². The van der Waals surface area contributed by atoms with E-state index in [0.717, 1.165) is 11.1 Å². The standard InChI is InChI=1S/C19H23N3O2/c1-12-5-10-16(15(20)11-12)22-18(24)17(23)21-14-8-6-13(7-9-14)19(2,3)4/h5-11H,20H2,1-4H3,(H,21,23)(H,22,24). The number of nitrogens with one attached hydrogen (secondary N) is 2. The lowest BCUT2D eigenvalue weighted by Crippen LogP contribution is -2.29. The Bertz CT molecular complexity index is 759. The van der Waals surface area contributed by atoms with Crippen LogP contribution < -0.4 is 16.4 Å². The van der Waals surface area contributed by atoms with E-state index in [4.69, 9.17) is 5.73 Å². The van der Waals surface area contributed by atoms with Crippen molar-refractivity contribution in [3.8, 4) is 0 Å². The normalized spacial score (nSPS) is 11.0. The van der Waals surface area contributed by atoms with Crippen LogP contribution in [0.3, 0.4) is 0 Å². The second-order valence-corrected chi connectivity index (χ2v) is 6.83. The van der Waals surface area contributed by atoms with Gasteiger partial charge in [0, 0.05) is 5.69 Å². The van der Waals surface area contributed by atoms with Crippen LogP contribution in [0, 0.1) is 6.92 Å². The van der Waals surface area contributed by atoms with Gasteiger partial charge in [-0.2, -0.15) is 0 Å². The summed E-state index contributed by atoms with van der Waals surface area (Å²) in [6.45, 7) is 8.23. The molecule has 0 radical (unpaired) electrons. The number of hydrogen-bond acceptors (Lipinski definition) is 3. The van der Waals surface area contributed by atoms with Gasteiger partial charge < -0.3 is 16.4 Å². The van der Waals surface area contributed by atoms with Crippen molar-refractivity contribution in [3.05, 3.63) is 53.6 Å². The molecule has 0 aliphatic rings. The van der Waals surface area contributed by atoms with E-state index in [1.807, 2.05) is 25.1 Å². The predicted molar refractivity (Wildman–Crippen MR) is 98.0 cm³/mol. The number of rotatable bonds is 2. The van der Waals surface area contributed by atoms with Gasteiger partial charge in [-0.3, -0.25) is 9.59 Å². The van der Waals surface area contributed by atoms with Gasteiger partial charge in [-0.05, 0) is 47.7 Å². The van der Waals surface area contributed by atoms with E-state index < -0.39 is 11.8 Å². The quantitative estimate of drug-likeness (QED) is 0.584. The molecule has 0 unspecified atom stereocenters. The highest BCUT2D eigenvalue weighted by Crippen LogP contribution is 2.23. The van der Waals surface area contributed by atoms with Crippen LogP contribution in [0.25, 0.3) is 0 Å². The lowest BCUT2D eigenvalue weighted by Gasteiger charge is -2.19. The van der Waals surface area contributed by atoms with Gasteiger partial charge in [-0.25, -0.2) is 0 Å². The summed E-state index contributed by atoms with van der Waals surface area (Å²) in [7, 11) is 0. The summed E-state index contributed by atoms with van der Waals surface area (Å²) in [6.07, 6.45) is 0. The van der Waals surface area contributed by atoms with Crippen molar-refractivity contribution in [2.75, 3.05) is 16.4 Å². The van der Waals surface area contributed by atoms with Gasteiger partial charge in [-0.15, -0.1) is 0 Å². The van der Waals surface area contributed by atoms with Crippen LogP contribution in [0.2, 0.25) is 0 Å². The van der Waals surface area contributed by atoms with Gasteiger partial charge in [0.2, 0.25) is 0 Å². The number of hydrogen-bond donors (Lipinski definition) is 3. The van der Waals surface area contributed by atoms with Crippen LogP contribution in [-0.4, -0.2) is 11.8 Å². The third-order valence-electron chi connectivity index (χ3n) is 3.67. The Morgan fingerprint density at radius 1 is 0.917 bits per heavy atom. The third-order valence-corrected chi connectivity index (χ3v) is 3.67. The van der Waals surface area contributed by atoms with Crippen molar-refractivity contribution in [2.24, 2.45) is 0 Å². The zero-order valence-electron chi connectivity index (χ0n) is 14.4. The Balaban J connectivity index is 2.02. The molecule has 2 amide bonds. The SMILES string of the molecule is Cc1ccc(NC(=O)C(=O)Nc2ccc(C(C)(C)C)cc2)c(N)c1. The first kappa shape index (κ1) is 17.5. The molecule has 126 valence electrons. The average molecular weight is 325 g/mol. The molecule has 0 aliphatic carbocycles. The van der Waals surface area contributed by atoms with Crippen molar-refractivity contribution in [3.63, 3.8) is 0 Å². The predicted octanol–water partition coefficient (Wildman–Crippen LogP) is 3.45. The molecule has 0 saturated heterocycles. The van der Waals surface area contributed by atoms with Crippen molar-refractivity contribution in [1.82, 2.24) is 0 Å². The van der Waals surface area contributed by atoms with Gasteiger partial charge in [-0.1, -0.05) is 39.0 Å². The Morgan fingerprint density at radius 2 is 1.50 bits per heavy atom. The van der Waals surface area contributed by atoms with Gasteiger partial charge in [0.1, 0.15) is 0 Å². The summed E-state index contributed by atoms with van der Waals surface area (Å²) >= 11 is 0. The number of aryl methyl sites for hydroxylation is 1. The third kappa shape index (κ3) is 4.35. The van der Waals surface area contributed by atoms with Crippen LogP contribution >= 0.6 is 0 Å². The number of anilines is 3. The number of carbonyl (C=O) groups excluding carboxylic acids is 2. The van der Waals surface area contributed by atoms with Crippen molar-refractivity contribution < 1.29 is 9.59 Å². The minimum Gasteiger partial charge on any atom is -0.397 e. The average Bonchev–Trinajstić information content (AvgIpc) is 2.49. The fourth-order valence-electron chi connectivity index (χ4n) is 2.22. The first-order valence-corrected chi connectivity index (χ1v) is 7.76. The zero-order valence-corrected chi connectivity index (χ0v) is 14.4.